The van der Waals surface area contributed by atoms with Crippen LogP contribution in [0.2, 0.25) is 0 Å². The van der Waals surface area contributed by atoms with Crippen LogP contribution in [0, 0.1) is 5.92 Å². The summed E-state index contributed by atoms with van der Waals surface area (Å²) in [6, 6.07) is 21.7. The van der Waals surface area contributed by atoms with E-state index in [-0.39, 0.29) is 0 Å². The van der Waals surface area contributed by atoms with Crippen LogP contribution in [0.1, 0.15) is 37.3 Å². The van der Waals surface area contributed by atoms with Crippen LogP contribution in [-0.4, -0.2) is 48.7 Å². The van der Waals surface area contributed by atoms with Gasteiger partial charge < -0.3 is 9.22 Å². The van der Waals surface area contributed by atoms with Crippen LogP contribution < -0.4 is 0 Å². The zero-order valence-corrected chi connectivity index (χ0v) is 17.0. The fourth-order valence-corrected chi connectivity index (χ4v) is 6.01. The highest BCUT2D eigenvalue weighted by Gasteiger charge is 2.70. The number of quaternary nitrogens is 1. The minimum Gasteiger partial charge on any atom is -0.357 e. The number of likely N-dealkylation sites (N-methyl/N-ethyl adjacent to an activating group) is 1. The summed E-state index contributed by atoms with van der Waals surface area (Å²) in [4.78, 5) is 13.8. The Labute approximate surface area is 167 Å². The van der Waals surface area contributed by atoms with Gasteiger partial charge in [-0.2, -0.15) is 0 Å². The summed E-state index contributed by atoms with van der Waals surface area (Å²) in [7, 11) is 4.70. The lowest BCUT2D eigenvalue weighted by atomic mass is 9.69. The highest BCUT2D eigenvalue weighted by molar-refractivity contribution is 5.93. The second-order valence-corrected chi connectivity index (χ2v) is 9.65. The third-order valence-electron chi connectivity index (χ3n) is 7.91. The van der Waals surface area contributed by atoms with Crippen molar-refractivity contribution < 1.29 is 14.0 Å². The molecule has 146 valence electrons. The van der Waals surface area contributed by atoms with Gasteiger partial charge in [-0.15, -0.1) is 0 Å². The molecule has 0 spiro atoms. The third-order valence-corrected chi connectivity index (χ3v) is 7.91. The maximum Gasteiger partial charge on any atom is 0.147 e. The van der Waals surface area contributed by atoms with E-state index in [1.807, 2.05) is 36.4 Å². The minimum absolute atomic E-state index is 0.344. The molecule has 5 atom stereocenters. The molecule has 0 radical (unpaired) electrons. The molecule has 28 heavy (non-hydrogen) atoms. The number of ketones is 1. The molecule has 0 N–H and O–H groups in total. The Bertz CT molecular complexity index is 816. The Hall–Kier alpha value is -1.97. The van der Waals surface area contributed by atoms with Gasteiger partial charge in [0, 0.05) is 19.3 Å². The predicted molar refractivity (Wildman–Crippen MR) is 110 cm³/mol. The molecular weight excluding hydrogens is 346 g/mol. The fraction of sp³-hybridized carbons (Fsp3) is 0.480. The van der Waals surface area contributed by atoms with Gasteiger partial charge in [-0.3, -0.25) is 4.79 Å². The SMILES string of the molecule is CC(C(=O)CC1CC2C3O[C@@H]3[C@H](C1)[N+]2(C)C)(c1ccccc1)c1ccccc1. The van der Waals surface area contributed by atoms with Gasteiger partial charge in [0.25, 0.3) is 0 Å². The molecular formula is C25H30NO2+. The maximum absolute atomic E-state index is 13.8. The van der Waals surface area contributed by atoms with Gasteiger partial charge in [-0.05, 0) is 24.0 Å². The van der Waals surface area contributed by atoms with Crippen LogP contribution >= 0.6 is 0 Å². The summed E-state index contributed by atoms with van der Waals surface area (Å²) in [5.41, 5.74) is 1.59. The summed E-state index contributed by atoms with van der Waals surface area (Å²) < 4.78 is 6.99. The number of epoxide rings is 1. The van der Waals surface area contributed by atoms with Gasteiger partial charge in [0.2, 0.25) is 0 Å². The summed E-state index contributed by atoms with van der Waals surface area (Å²) in [5.74, 6) is 0.813. The number of carbonyl (C=O) groups is 1. The third kappa shape index (κ3) is 2.60. The average molecular weight is 377 g/mol. The van der Waals surface area contributed by atoms with E-state index in [1.165, 1.54) is 0 Å². The van der Waals surface area contributed by atoms with Crippen LogP contribution in [0.4, 0.5) is 0 Å². The number of morpholine rings is 1. The predicted octanol–water partition coefficient (Wildman–Crippen LogP) is 3.96. The Kier molecular flexibility index (Phi) is 4.05. The number of carbonyl (C=O) groups excluding carboxylic acids is 1. The van der Waals surface area contributed by atoms with Crippen molar-refractivity contribution in [3.05, 3.63) is 71.8 Å². The monoisotopic (exact) mass is 376 g/mol. The number of hydrogen-bond donors (Lipinski definition) is 0. The number of piperidine rings is 1. The Morgan fingerprint density at radius 2 is 1.39 bits per heavy atom. The lowest BCUT2D eigenvalue weighted by Crippen LogP contribution is -2.58. The van der Waals surface area contributed by atoms with E-state index in [1.54, 1.807) is 0 Å². The first-order chi connectivity index (χ1) is 13.4. The van der Waals surface area contributed by atoms with Gasteiger partial charge in [0.1, 0.15) is 30.1 Å². The molecule has 0 saturated carbocycles. The molecule has 3 aliphatic rings. The first-order valence-electron chi connectivity index (χ1n) is 10.6. The van der Waals surface area contributed by atoms with Gasteiger partial charge in [-0.25, -0.2) is 0 Å². The molecule has 2 aromatic carbocycles. The van der Waals surface area contributed by atoms with Crippen LogP contribution in [0.3, 0.4) is 0 Å². The number of benzene rings is 2. The zero-order valence-electron chi connectivity index (χ0n) is 17.0. The molecule has 3 aliphatic heterocycles. The molecule has 0 aliphatic carbocycles. The molecule has 5 rings (SSSR count). The van der Waals surface area contributed by atoms with E-state index in [4.69, 9.17) is 4.74 Å². The smallest absolute Gasteiger partial charge is 0.147 e. The minimum atomic E-state index is -0.594. The van der Waals surface area contributed by atoms with Crippen molar-refractivity contribution in [3.8, 4) is 0 Å². The summed E-state index contributed by atoms with van der Waals surface area (Å²) >= 11 is 0. The van der Waals surface area contributed by atoms with Crippen LogP contribution in [0.25, 0.3) is 0 Å². The number of ether oxygens (including phenoxy) is 1. The molecule has 0 amide bonds. The molecule has 3 fully saturated rings. The number of nitrogens with zero attached hydrogens (tertiary/aromatic N) is 1. The van der Waals surface area contributed by atoms with E-state index in [0.717, 1.165) is 28.5 Å². The van der Waals surface area contributed by atoms with E-state index in [2.05, 4.69) is 45.3 Å². The summed E-state index contributed by atoms with van der Waals surface area (Å²) in [5, 5.41) is 0. The largest absolute Gasteiger partial charge is 0.357 e. The highest BCUT2D eigenvalue weighted by atomic mass is 16.6. The fourth-order valence-electron chi connectivity index (χ4n) is 6.01. The van der Waals surface area contributed by atoms with E-state index in [0.29, 0.717) is 42.4 Å². The average Bonchev–Trinajstić information content (AvgIpc) is 3.47. The molecule has 3 heterocycles. The Balaban J connectivity index is 1.42. The van der Waals surface area contributed by atoms with E-state index >= 15 is 0 Å². The quantitative estimate of drug-likeness (QED) is 0.584. The molecule has 3 nitrogen and oxygen atoms in total. The molecule has 0 aromatic heterocycles. The standard InChI is InChI=1S/C25H30NO2/c1-25(18-10-6-4-7-11-18,19-12-8-5-9-13-19)22(27)16-17-14-20-23-24(28-23)21(15-17)26(20,2)3/h4-13,17,20-21,23-24H,14-16H2,1-3H3/q+1/t17?,20-,21?,23+,24?/m0/s1. The first-order valence-corrected chi connectivity index (χ1v) is 10.6. The number of hydrogen-bond acceptors (Lipinski definition) is 2. The first kappa shape index (κ1) is 18.1. The molecule has 3 saturated heterocycles. The van der Waals surface area contributed by atoms with Gasteiger partial charge >= 0.3 is 0 Å². The van der Waals surface area contributed by atoms with Crippen molar-refractivity contribution in [2.75, 3.05) is 14.1 Å². The van der Waals surface area contributed by atoms with Crippen LogP contribution in [0.15, 0.2) is 60.7 Å². The number of fused-ring (bicyclic) bond motifs is 5. The molecule has 3 unspecified atom stereocenters. The lowest BCUT2D eigenvalue weighted by molar-refractivity contribution is -0.938. The van der Waals surface area contributed by atoms with Crippen molar-refractivity contribution in [2.24, 2.45) is 5.92 Å². The highest BCUT2D eigenvalue weighted by Crippen LogP contribution is 2.53. The summed E-state index contributed by atoms with van der Waals surface area (Å²) in [6.07, 6.45) is 3.75. The number of rotatable bonds is 5. The van der Waals surface area contributed by atoms with Crippen LogP contribution in [0.5, 0.6) is 0 Å². The van der Waals surface area contributed by atoms with Gasteiger partial charge in [-0.1, -0.05) is 60.7 Å². The van der Waals surface area contributed by atoms with Crippen molar-refractivity contribution in [3.63, 3.8) is 0 Å². The van der Waals surface area contributed by atoms with Crippen molar-refractivity contribution in [2.45, 2.75) is 55.9 Å². The summed E-state index contributed by atoms with van der Waals surface area (Å²) in [6.45, 7) is 2.11. The molecule has 2 aromatic rings. The Morgan fingerprint density at radius 3 is 1.86 bits per heavy atom. The van der Waals surface area contributed by atoms with Crippen LogP contribution in [-0.2, 0) is 14.9 Å². The zero-order chi connectivity index (χ0) is 19.5. The topological polar surface area (TPSA) is 29.6 Å². The molecule has 3 heteroatoms. The van der Waals surface area contributed by atoms with Crippen molar-refractivity contribution in [1.82, 2.24) is 0 Å². The van der Waals surface area contributed by atoms with Crippen molar-refractivity contribution in [1.29, 1.82) is 0 Å². The van der Waals surface area contributed by atoms with E-state index in [9.17, 15) is 4.79 Å². The molecule has 2 bridgehead atoms. The Morgan fingerprint density at radius 1 is 0.929 bits per heavy atom. The lowest BCUT2D eigenvalue weighted by Gasteiger charge is -2.46. The van der Waals surface area contributed by atoms with Gasteiger partial charge in [0.15, 0.2) is 0 Å². The second-order valence-electron chi connectivity index (χ2n) is 9.65. The number of Topliss-reactive ketones (excluding diaryl/α,β-unsaturated/α-hetero) is 1. The maximum atomic E-state index is 13.8. The van der Waals surface area contributed by atoms with Crippen molar-refractivity contribution >= 4 is 5.78 Å². The normalized spacial score (nSPS) is 32.6. The van der Waals surface area contributed by atoms with E-state index < -0.39 is 5.41 Å². The van der Waals surface area contributed by atoms with Gasteiger partial charge in [0.05, 0.1) is 19.5 Å². The second kappa shape index (κ2) is 6.27.